The van der Waals surface area contributed by atoms with E-state index in [-0.39, 0.29) is 0 Å². The normalized spacial score (nSPS) is 11.1. The summed E-state index contributed by atoms with van der Waals surface area (Å²) in [6.45, 7) is 4.00. The monoisotopic (exact) mass is 259 g/mol. The van der Waals surface area contributed by atoms with Gasteiger partial charge in [0.25, 0.3) is 0 Å². The van der Waals surface area contributed by atoms with Gasteiger partial charge in [-0.1, -0.05) is 41.9 Å². The highest BCUT2D eigenvalue weighted by atomic mass is 79.9. The van der Waals surface area contributed by atoms with E-state index in [2.05, 4.69) is 15.9 Å². The number of carboxylic acids is 1. The van der Waals surface area contributed by atoms with Crippen molar-refractivity contribution in [2.75, 3.05) is 0 Å². The molecule has 1 atom stereocenters. The molecule has 0 aliphatic heterocycles. The first-order chi connectivity index (χ1) is 6.61. The zero-order valence-electron chi connectivity index (χ0n) is 8.20. The predicted molar refractivity (Wildman–Crippen MR) is 60.1 cm³/mol. The summed E-state index contributed by atoms with van der Waals surface area (Å²) in [7, 11) is 0. The van der Waals surface area contributed by atoms with Gasteiger partial charge in [-0.3, -0.25) is 4.79 Å². The van der Waals surface area contributed by atoms with Gasteiger partial charge in [0, 0.05) is 4.47 Å². The van der Waals surface area contributed by atoms with Gasteiger partial charge in [-0.25, -0.2) is 0 Å². The van der Waals surface area contributed by atoms with Crippen molar-refractivity contribution >= 4 is 21.9 Å². The summed E-state index contributed by atoms with van der Waals surface area (Å²) in [5.41, 5.74) is 5.98. The van der Waals surface area contributed by atoms with Crippen molar-refractivity contribution in [2.45, 2.75) is 19.9 Å². The number of nitrogens with two attached hydrogens (primary N) is 1. The fourth-order valence-electron chi connectivity index (χ4n) is 0.813. The number of carbonyl (C=O) groups is 1. The molecule has 3 N–H and O–H groups in total. The Labute approximate surface area is 92.1 Å². The first-order valence-corrected chi connectivity index (χ1v) is 5.14. The summed E-state index contributed by atoms with van der Waals surface area (Å²) in [5, 5.41) is 8.57. The van der Waals surface area contributed by atoms with Crippen LogP contribution in [0.5, 0.6) is 0 Å². The Balaban J connectivity index is 0.000000791. The molecule has 0 heterocycles. The molecular formula is C10H14BrNO2. The van der Waals surface area contributed by atoms with Crippen LogP contribution in [-0.4, -0.2) is 11.1 Å². The van der Waals surface area contributed by atoms with E-state index in [1.807, 2.05) is 13.8 Å². The fraction of sp³-hybridized carbons (Fsp3) is 0.300. The van der Waals surface area contributed by atoms with Crippen molar-refractivity contribution in [2.24, 2.45) is 5.73 Å². The van der Waals surface area contributed by atoms with Crippen molar-refractivity contribution in [3.63, 3.8) is 0 Å². The molecule has 0 bridgehead atoms. The standard InChI is InChI=1S/C8H8BrNO2.C2H6/c9-6-3-1-5(2-4-6)7(10)8(11)12;1-2/h1-4,7H,10H2,(H,11,12);1-2H3. The summed E-state index contributed by atoms with van der Waals surface area (Å²) in [6.07, 6.45) is 0. The zero-order chi connectivity index (χ0) is 11.1. The minimum Gasteiger partial charge on any atom is -0.480 e. The molecule has 0 spiro atoms. The van der Waals surface area contributed by atoms with Gasteiger partial charge >= 0.3 is 5.97 Å². The average Bonchev–Trinajstić information content (AvgIpc) is 2.21. The first kappa shape index (κ1) is 13.1. The van der Waals surface area contributed by atoms with Crippen molar-refractivity contribution in [1.82, 2.24) is 0 Å². The van der Waals surface area contributed by atoms with Crippen LogP contribution in [0.1, 0.15) is 25.5 Å². The van der Waals surface area contributed by atoms with Gasteiger partial charge in [0.2, 0.25) is 0 Å². The summed E-state index contributed by atoms with van der Waals surface area (Å²) >= 11 is 3.24. The van der Waals surface area contributed by atoms with Crippen LogP contribution in [0.4, 0.5) is 0 Å². The van der Waals surface area contributed by atoms with E-state index >= 15 is 0 Å². The average molecular weight is 260 g/mol. The number of halogens is 1. The molecule has 3 nitrogen and oxygen atoms in total. The van der Waals surface area contributed by atoms with Crippen LogP contribution < -0.4 is 5.73 Å². The van der Waals surface area contributed by atoms with Crippen molar-refractivity contribution < 1.29 is 9.90 Å². The molecule has 1 aromatic rings. The van der Waals surface area contributed by atoms with Gasteiger partial charge in [0.1, 0.15) is 6.04 Å². The van der Waals surface area contributed by atoms with Gasteiger partial charge in [0.05, 0.1) is 0 Å². The molecule has 0 radical (unpaired) electrons. The molecule has 0 saturated carbocycles. The minimum absolute atomic E-state index is 0.603. The van der Waals surface area contributed by atoms with Crippen LogP contribution in [0.15, 0.2) is 28.7 Å². The van der Waals surface area contributed by atoms with E-state index in [0.717, 1.165) is 4.47 Å². The van der Waals surface area contributed by atoms with Crippen LogP contribution in [0.2, 0.25) is 0 Å². The molecule has 0 aromatic heterocycles. The zero-order valence-corrected chi connectivity index (χ0v) is 9.78. The Kier molecular flexibility index (Phi) is 6.16. The summed E-state index contributed by atoms with van der Waals surface area (Å²) in [4.78, 5) is 10.4. The fourth-order valence-corrected chi connectivity index (χ4v) is 1.08. The highest BCUT2D eigenvalue weighted by molar-refractivity contribution is 9.10. The number of benzene rings is 1. The molecular weight excluding hydrogens is 246 g/mol. The molecule has 0 saturated heterocycles. The van der Waals surface area contributed by atoms with E-state index in [0.29, 0.717) is 5.56 Å². The lowest BCUT2D eigenvalue weighted by atomic mass is 10.1. The van der Waals surface area contributed by atoms with E-state index < -0.39 is 12.0 Å². The molecule has 1 unspecified atom stereocenters. The lowest BCUT2D eigenvalue weighted by Crippen LogP contribution is -2.20. The van der Waals surface area contributed by atoms with Crippen LogP contribution in [0, 0.1) is 0 Å². The second kappa shape index (κ2) is 6.56. The molecule has 1 aromatic carbocycles. The Morgan fingerprint density at radius 2 is 1.79 bits per heavy atom. The number of hydrogen-bond donors (Lipinski definition) is 2. The third kappa shape index (κ3) is 3.89. The predicted octanol–water partition coefficient (Wildman–Crippen LogP) is 2.56. The highest BCUT2D eigenvalue weighted by Gasteiger charge is 2.12. The van der Waals surface area contributed by atoms with Gasteiger partial charge < -0.3 is 10.8 Å². The topological polar surface area (TPSA) is 63.3 Å². The SMILES string of the molecule is CC.NC(C(=O)O)c1ccc(Br)cc1. The molecule has 0 aliphatic rings. The molecule has 14 heavy (non-hydrogen) atoms. The Hall–Kier alpha value is -0.870. The highest BCUT2D eigenvalue weighted by Crippen LogP contribution is 2.15. The Bertz CT molecular complexity index is 285. The largest absolute Gasteiger partial charge is 0.480 e. The number of aliphatic carboxylic acids is 1. The maximum atomic E-state index is 10.4. The molecule has 0 aliphatic carbocycles. The van der Waals surface area contributed by atoms with Crippen molar-refractivity contribution in [3.05, 3.63) is 34.3 Å². The third-order valence-corrected chi connectivity index (χ3v) is 2.02. The minimum atomic E-state index is -1.02. The second-order valence-electron chi connectivity index (χ2n) is 2.37. The van der Waals surface area contributed by atoms with Crippen molar-refractivity contribution in [3.8, 4) is 0 Å². The quantitative estimate of drug-likeness (QED) is 0.858. The van der Waals surface area contributed by atoms with Crippen LogP contribution in [-0.2, 0) is 4.79 Å². The summed E-state index contributed by atoms with van der Waals surface area (Å²) in [6, 6.07) is 5.96. The molecule has 0 fully saturated rings. The van der Waals surface area contributed by atoms with Crippen LogP contribution in [0.3, 0.4) is 0 Å². The van der Waals surface area contributed by atoms with E-state index in [9.17, 15) is 4.79 Å². The summed E-state index contributed by atoms with van der Waals surface area (Å²) in [5.74, 6) is -1.02. The van der Waals surface area contributed by atoms with E-state index in [1.54, 1.807) is 24.3 Å². The molecule has 0 amide bonds. The van der Waals surface area contributed by atoms with Gasteiger partial charge in [-0.2, -0.15) is 0 Å². The second-order valence-corrected chi connectivity index (χ2v) is 3.28. The number of carboxylic acid groups (broad SMARTS) is 1. The number of hydrogen-bond acceptors (Lipinski definition) is 2. The van der Waals surface area contributed by atoms with Gasteiger partial charge in [-0.15, -0.1) is 0 Å². The maximum Gasteiger partial charge on any atom is 0.325 e. The smallest absolute Gasteiger partial charge is 0.325 e. The lowest BCUT2D eigenvalue weighted by Gasteiger charge is -2.05. The molecule has 78 valence electrons. The van der Waals surface area contributed by atoms with Crippen LogP contribution >= 0.6 is 15.9 Å². The third-order valence-electron chi connectivity index (χ3n) is 1.50. The maximum absolute atomic E-state index is 10.4. The van der Waals surface area contributed by atoms with Gasteiger partial charge in [0.15, 0.2) is 0 Å². The summed E-state index contributed by atoms with van der Waals surface area (Å²) < 4.78 is 0.906. The van der Waals surface area contributed by atoms with Gasteiger partial charge in [-0.05, 0) is 17.7 Å². The number of rotatable bonds is 2. The van der Waals surface area contributed by atoms with E-state index in [1.165, 1.54) is 0 Å². The van der Waals surface area contributed by atoms with Crippen LogP contribution in [0.25, 0.3) is 0 Å². The molecule has 4 heteroatoms. The molecule has 1 rings (SSSR count). The Morgan fingerprint density at radius 3 is 2.14 bits per heavy atom. The lowest BCUT2D eigenvalue weighted by molar-refractivity contribution is -0.138. The Morgan fingerprint density at radius 1 is 1.36 bits per heavy atom. The first-order valence-electron chi connectivity index (χ1n) is 4.35. The van der Waals surface area contributed by atoms with E-state index in [4.69, 9.17) is 10.8 Å². The van der Waals surface area contributed by atoms with Crippen molar-refractivity contribution in [1.29, 1.82) is 0 Å².